The summed E-state index contributed by atoms with van der Waals surface area (Å²) in [7, 11) is 0. The number of rotatable bonds is 5. The average Bonchev–Trinajstić information content (AvgIpc) is 3.05. The molecule has 0 unspecified atom stereocenters. The van der Waals surface area contributed by atoms with Gasteiger partial charge in [0.05, 0.1) is 5.69 Å². The van der Waals surface area contributed by atoms with Crippen molar-refractivity contribution in [3.05, 3.63) is 71.5 Å². The van der Waals surface area contributed by atoms with Crippen molar-refractivity contribution in [3.8, 4) is 10.6 Å². The fraction of sp³-hybridized carbons (Fsp3) is 0.111. The van der Waals surface area contributed by atoms with Crippen molar-refractivity contribution < 1.29 is 9.18 Å². The molecule has 0 saturated carbocycles. The van der Waals surface area contributed by atoms with Crippen LogP contribution in [-0.2, 0) is 6.42 Å². The minimum atomic E-state index is -0.279. The third-order valence-electron chi connectivity index (χ3n) is 3.35. The van der Waals surface area contributed by atoms with Crippen LogP contribution in [0.4, 0.5) is 14.9 Å². The number of nitrogens with one attached hydrogen (secondary N) is 2. The fourth-order valence-electron chi connectivity index (χ4n) is 2.18. The summed E-state index contributed by atoms with van der Waals surface area (Å²) >= 11 is 1.40. The van der Waals surface area contributed by atoms with Crippen LogP contribution in [0.15, 0.2) is 60.0 Å². The third kappa shape index (κ3) is 4.17. The van der Waals surface area contributed by atoms with Gasteiger partial charge < -0.3 is 10.6 Å². The van der Waals surface area contributed by atoms with Crippen LogP contribution in [0.2, 0.25) is 0 Å². The number of halogens is 1. The third-order valence-corrected chi connectivity index (χ3v) is 4.28. The zero-order chi connectivity index (χ0) is 16.8. The number of carbonyl (C=O) groups is 1. The summed E-state index contributed by atoms with van der Waals surface area (Å²) in [6, 6.07) is 15.6. The predicted molar refractivity (Wildman–Crippen MR) is 94.7 cm³/mol. The molecule has 122 valence electrons. The van der Waals surface area contributed by atoms with E-state index >= 15 is 0 Å². The lowest BCUT2D eigenvalue weighted by atomic mass is 10.2. The number of nitrogens with zero attached hydrogens (tertiary/aromatic N) is 1. The van der Waals surface area contributed by atoms with E-state index in [0.29, 0.717) is 23.5 Å². The molecule has 3 aromatic rings. The Bertz CT molecular complexity index is 820. The van der Waals surface area contributed by atoms with Crippen molar-refractivity contribution >= 4 is 23.1 Å². The molecule has 2 N–H and O–H groups in total. The summed E-state index contributed by atoms with van der Waals surface area (Å²) in [5.74, 6) is -0.279. The molecule has 0 radical (unpaired) electrons. The molecule has 0 aliphatic carbocycles. The molecule has 1 aromatic heterocycles. The van der Waals surface area contributed by atoms with Crippen LogP contribution in [0.5, 0.6) is 0 Å². The zero-order valence-corrected chi connectivity index (χ0v) is 13.6. The molecular weight excluding hydrogens is 325 g/mol. The van der Waals surface area contributed by atoms with Gasteiger partial charge in [-0.25, -0.2) is 14.2 Å². The van der Waals surface area contributed by atoms with Gasteiger partial charge >= 0.3 is 6.03 Å². The van der Waals surface area contributed by atoms with Gasteiger partial charge in [-0.15, -0.1) is 11.3 Å². The van der Waals surface area contributed by atoms with Gasteiger partial charge in [-0.05, 0) is 24.3 Å². The van der Waals surface area contributed by atoms with E-state index in [1.807, 2.05) is 35.7 Å². The topological polar surface area (TPSA) is 54.0 Å². The zero-order valence-electron chi connectivity index (χ0n) is 12.8. The molecular formula is C18H16FN3OS. The first kappa shape index (κ1) is 16.1. The molecule has 0 saturated heterocycles. The normalized spacial score (nSPS) is 10.4. The Labute approximate surface area is 143 Å². The summed E-state index contributed by atoms with van der Waals surface area (Å²) in [4.78, 5) is 16.2. The van der Waals surface area contributed by atoms with Gasteiger partial charge in [0.25, 0.3) is 0 Å². The van der Waals surface area contributed by atoms with Crippen molar-refractivity contribution in [2.24, 2.45) is 0 Å². The fourth-order valence-corrected chi connectivity index (χ4v) is 3.06. The number of hydrogen-bond donors (Lipinski definition) is 2. The lowest BCUT2D eigenvalue weighted by molar-refractivity contribution is 0.252. The Morgan fingerprint density at radius 2 is 1.83 bits per heavy atom. The molecule has 0 aliphatic rings. The van der Waals surface area contributed by atoms with E-state index in [0.717, 1.165) is 11.4 Å². The van der Waals surface area contributed by atoms with Gasteiger partial charge in [0.2, 0.25) is 0 Å². The average molecular weight is 341 g/mol. The summed E-state index contributed by atoms with van der Waals surface area (Å²) < 4.78 is 13.8. The molecule has 2 amide bonds. The maximum Gasteiger partial charge on any atom is 0.319 e. The Kier molecular flexibility index (Phi) is 5.18. The first-order valence-corrected chi connectivity index (χ1v) is 8.39. The molecule has 6 heteroatoms. The van der Waals surface area contributed by atoms with Crippen LogP contribution in [0.3, 0.4) is 0 Å². The number of benzene rings is 2. The molecule has 0 bridgehead atoms. The van der Waals surface area contributed by atoms with E-state index in [4.69, 9.17) is 0 Å². The van der Waals surface area contributed by atoms with Crippen molar-refractivity contribution in [2.75, 3.05) is 11.9 Å². The standard InChI is InChI=1S/C18H16FN3OS/c19-16-9-5-4-8-15(16)17-21-14(12-24-17)10-11-20-18(23)22-13-6-2-1-3-7-13/h1-9,12H,10-11H2,(H2,20,22,23). The second-order valence-electron chi connectivity index (χ2n) is 5.12. The van der Waals surface area contributed by atoms with Crippen LogP contribution in [0, 0.1) is 5.82 Å². The van der Waals surface area contributed by atoms with Crippen molar-refractivity contribution in [1.29, 1.82) is 0 Å². The largest absolute Gasteiger partial charge is 0.337 e. The highest BCUT2D eigenvalue weighted by atomic mass is 32.1. The van der Waals surface area contributed by atoms with Gasteiger partial charge in [0, 0.05) is 29.6 Å². The summed E-state index contributed by atoms with van der Waals surface area (Å²) in [5, 5.41) is 8.07. The van der Waals surface area contributed by atoms with Gasteiger partial charge in [-0.3, -0.25) is 0 Å². The quantitative estimate of drug-likeness (QED) is 0.726. The number of anilines is 1. The number of para-hydroxylation sites is 1. The van der Waals surface area contributed by atoms with E-state index < -0.39 is 0 Å². The highest BCUT2D eigenvalue weighted by Gasteiger charge is 2.09. The molecule has 0 aliphatic heterocycles. The molecule has 3 rings (SSSR count). The van der Waals surface area contributed by atoms with Crippen molar-refractivity contribution in [3.63, 3.8) is 0 Å². The summed E-state index contributed by atoms with van der Waals surface area (Å²) in [5.41, 5.74) is 2.08. The van der Waals surface area contributed by atoms with Crippen molar-refractivity contribution in [1.82, 2.24) is 10.3 Å². The van der Waals surface area contributed by atoms with Crippen LogP contribution in [0.25, 0.3) is 10.6 Å². The van der Waals surface area contributed by atoms with E-state index in [9.17, 15) is 9.18 Å². The second-order valence-corrected chi connectivity index (χ2v) is 5.98. The maximum atomic E-state index is 13.8. The number of carbonyl (C=O) groups excluding carboxylic acids is 1. The minimum absolute atomic E-state index is 0.259. The lowest BCUT2D eigenvalue weighted by Crippen LogP contribution is -2.30. The molecule has 1 heterocycles. The molecule has 24 heavy (non-hydrogen) atoms. The smallest absolute Gasteiger partial charge is 0.319 e. The molecule has 0 spiro atoms. The number of amides is 2. The summed E-state index contributed by atoms with van der Waals surface area (Å²) in [6.07, 6.45) is 0.590. The van der Waals surface area contributed by atoms with Gasteiger partial charge in [-0.1, -0.05) is 30.3 Å². The van der Waals surface area contributed by atoms with E-state index in [1.165, 1.54) is 17.4 Å². The van der Waals surface area contributed by atoms with Gasteiger partial charge in [-0.2, -0.15) is 0 Å². The molecule has 0 fully saturated rings. The van der Waals surface area contributed by atoms with Crippen LogP contribution >= 0.6 is 11.3 Å². The molecule has 2 aromatic carbocycles. The highest BCUT2D eigenvalue weighted by molar-refractivity contribution is 7.13. The molecule has 4 nitrogen and oxygen atoms in total. The Hall–Kier alpha value is -2.73. The van der Waals surface area contributed by atoms with Crippen molar-refractivity contribution in [2.45, 2.75) is 6.42 Å². The Morgan fingerprint density at radius 3 is 2.62 bits per heavy atom. The Morgan fingerprint density at radius 1 is 1.08 bits per heavy atom. The first-order chi connectivity index (χ1) is 11.7. The maximum absolute atomic E-state index is 13.8. The van der Waals surface area contributed by atoms with Crippen LogP contribution in [-0.4, -0.2) is 17.6 Å². The summed E-state index contributed by atoms with van der Waals surface area (Å²) in [6.45, 7) is 0.457. The number of hydrogen-bond acceptors (Lipinski definition) is 3. The van der Waals surface area contributed by atoms with Crippen LogP contribution in [0.1, 0.15) is 5.69 Å². The van der Waals surface area contributed by atoms with E-state index in [2.05, 4.69) is 15.6 Å². The van der Waals surface area contributed by atoms with Gasteiger partial charge in [0.1, 0.15) is 10.8 Å². The predicted octanol–water partition coefficient (Wildman–Crippen LogP) is 4.31. The van der Waals surface area contributed by atoms with E-state index in [-0.39, 0.29) is 11.8 Å². The van der Waals surface area contributed by atoms with Gasteiger partial charge in [0.15, 0.2) is 0 Å². The number of aromatic nitrogens is 1. The number of thiazole rings is 1. The number of urea groups is 1. The Balaban J connectivity index is 1.51. The minimum Gasteiger partial charge on any atom is -0.337 e. The van der Waals surface area contributed by atoms with Crippen LogP contribution < -0.4 is 10.6 Å². The van der Waals surface area contributed by atoms with E-state index in [1.54, 1.807) is 18.2 Å². The molecule has 0 atom stereocenters. The lowest BCUT2D eigenvalue weighted by Gasteiger charge is -2.06. The first-order valence-electron chi connectivity index (χ1n) is 7.51. The highest BCUT2D eigenvalue weighted by Crippen LogP contribution is 2.26. The SMILES string of the molecule is O=C(NCCc1csc(-c2ccccc2F)n1)Nc1ccccc1. The monoisotopic (exact) mass is 341 g/mol. The second kappa shape index (κ2) is 7.70.